The Morgan fingerprint density at radius 3 is 2.06 bits per heavy atom. The second kappa shape index (κ2) is 14.9. The molecule has 0 radical (unpaired) electrons. The van der Waals surface area contributed by atoms with Gasteiger partial charge in [0.25, 0.3) is 0 Å². The van der Waals surface area contributed by atoms with Crippen molar-refractivity contribution in [2.24, 2.45) is 11.8 Å². The maximum Gasteiger partial charge on any atom is 0.338 e. The number of esters is 2. The van der Waals surface area contributed by atoms with Gasteiger partial charge in [-0.2, -0.15) is 0 Å². The standard InChI is InChI=1S/C42H56N4O4/c1-5-29-13-11-23-44(27-29)25-20-33-32-16-8-10-18-37(32)46-38(33)35(40(47)49-3)19-22-42(46,41(48)50-4)39-34(31-15-7-9-17-36(31)43-39)21-26-45-24-12-14-30(6-2)28-45/h7-10,15-18,29-30,35,43H,5-6,11-14,19-28H2,1-4H3/t29?,30?,35-,42-/m1/s1. The van der Waals surface area contributed by atoms with Crippen molar-refractivity contribution >= 4 is 33.7 Å². The lowest BCUT2D eigenvalue weighted by atomic mass is 9.77. The van der Waals surface area contributed by atoms with Gasteiger partial charge < -0.3 is 28.8 Å². The summed E-state index contributed by atoms with van der Waals surface area (Å²) in [7, 11) is 2.99. The fraction of sp³-hybridized carbons (Fsp3) is 0.571. The van der Waals surface area contributed by atoms with Gasteiger partial charge in [-0.3, -0.25) is 4.79 Å². The highest BCUT2D eigenvalue weighted by molar-refractivity contribution is 5.96. The van der Waals surface area contributed by atoms with Crippen LogP contribution in [0.5, 0.6) is 0 Å². The number of nitrogens with zero attached hydrogens (tertiary/aromatic N) is 3. The summed E-state index contributed by atoms with van der Waals surface area (Å²) in [6.45, 7) is 10.9. The topological polar surface area (TPSA) is 79.8 Å². The second-order valence-electron chi connectivity index (χ2n) is 15.1. The van der Waals surface area contributed by atoms with Gasteiger partial charge in [0.1, 0.15) is 0 Å². The molecule has 50 heavy (non-hydrogen) atoms. The van der Waals surface area contributed by atoms with Crippen LogP contribution in [0.1, 0.15) is 93.6 Å². The van der Waals surface area contributed by atoms with Crippen LogP contribution in [-0.2, 0) is 37.4 Å². The maximum atomic E-state index is 14.7. The highest BCUT2D eigenvalue weighted by Gasteiger charge is 2.53. The third-order valence-corrected chi connectivity index (χ3v) is 12.5. The number of benzene rings is 2. The summed E-state index contributed by atoms with van der Waals surface area (Å²) in [6.07, 6.45) is 10.0. The Kier molecular flexibility index (Phi) is 10.4. The van der Waals surface area contributed by atoms with Gasteiger partial charge in [0.15, 0.2) is 5.54 Å². The minimum absolute atomic E-state index is 0.245. The Morgan fingerprint density at radius 1 is 0.800 bits per heavy atom. The molecule has 1 N–H and O–H groups in total. The molecule has 8 heteroatoms. The number of aromatic amines is 1. The van der Waals surface area contributed by atoms with Crippen LogP contribution in [0.4, 0.5) is 0 Å². The number of carbonyl (C=O) groups excluding carboxylic acids is 2. The number of methoxy groups -OCH3 is 2. The number of H-pyrrole nitrogens is 1. The van der Waals surface area contributed by atoms with Gasteiger partial charge in [0, 0.05) is 53.7 Å². The monoisotopic (exact) mass is 680 g/mol. The molecule has 2 aromatic heterocycles. The van der Waals surface area contributed by atoms with Crippen LogP contribution in [-0.4, -0.2) is 84.8 Å². The van der Waals surface area contributed by atoms with E-state index in [1.807, 2.05) is 6.07 Å². The number of fused-ring (bicyclic) bond motifs is 4. The first-order valence-electron chi connectivity index (χ1n) is 19.3. The lowest BCUT2D eigenvalue weighted by Gasteiger charge is -2.41. The molecule has 8 nitrogen and oxygen atoms in total. The highest BCUT2D eigenvalue weighted by Crippen LogP contribution is 2.50. The molecular weight excluding hydrogens is 624 g/mol. The summed E-state index contributed by atoms with van der Waals surface area (Å²) in [6, 6.07) is 16.9. The average Bonchev–Trinajstić information content (AvgIpc) is 3.72. The molecule has 2 saturated heterocycles. The third-order valence-electron chi connectivity index (χ3n) is 12.5. The van der Waals surface area contributed by atoms with Crippen molar-refractivity contribution < 1.29 is 19.1 Å². The van der Waals surface area contributed by atoms with E-state index in [1.54, 1.807) is 0 Å². The van der Waals surface area contributed by atoms with Crippen LogP contribution in [0.25, 0.3) is 21.8 Å². The molecule has 3 aliphatic heterocycles. The predicted octanol–water partition coefficient (Wildman–Crippen LogP) is 7.42. The first-order chi connectivity index (χ1) is 24.4. The number of hydrogen-bond donors (Lipinski definition) is 1. The Bertz CT molecular complexity index is 1820. The zero-order valence-electron chi connectivity index (χ0n) is 30.6. The quantitative estimate of drug-likeness (QED) is 0.166. The summed E-state index contributed by atoms with van der Waals surface area (Å²) in [4.78, 5) is 37.4. The van der Waals surface area contributed by atoms with E-state index < -0.39 is 11.5 Å². The molecule has 0 spiro atoms. The molecule has 0 amide bonds. The summed E-state index contributed by atoms with van der Waals surface area (Å²) in [5, 5.41) is 2.26. The minimum atomic E-state index is -1.17. The van der Waals surface area contributed by atoms with Gasteiger partial charge in [-0.25, -0.2) is 4.79 Å². The number of piperidine rings is 2. The second-order valence-corrected chi connectivity index (χ2v) is 15.1. The highest BCUT2D eigenvalue weighted by atomic mass is 16.5. The van der Waals surface area contributed by atoms with E-state index in [2.05, 4.69) is 75.7 Å². The molecule has 7 rings (SSSR count). The van der Waals surface area contributed by atoms with Crippen molar-refractivity contribution in [1.29, 1.82) is 0 Å². The molecule has 2 fully saturated rings. The van der Waals surface area contributed by atoms with Crippen LogP contribution in [0, 0.1) is 11.8 Å². The Morgan fingerprint density at radius 2 is 1.42 bits per heavy atom. The van der Waals surface area contributed by atoms with Gasteiger partial charge >= 0.3 is 11.9 Å². The van der Waals surface area contributed by atoms with Crippen molar-refractivity contribution in [1.82, 2.24) is 19.4 Å². The number of carbonyl (C=O) groups is 2. The normalized spacial score (nSPS) is 24.8. The summed E-state index contributed by atoms with van der Waals surface area (Å²) in [5.41, 5.74) is 4.94. The number of para-hydroxylation sites is 2. The first-order valence-corrected chi connectivity index (χ1v) is 19.3. The maximum absolute atomic E-state index is 14.7. The van der Waals surface area contributed by atoms with Crippen LogP contribution >= 0.6 is 0 Å². The van der Waals surface area contributed by atoms with E-state index in [1.165, 1.54) is 58.3 Å². The number of likely N-dealkylation sites (tertiary alicyclic amines) is 2. The van der Waals surface area contributed by atoms with Gasteiger partial charge in [0.05, 0.1) is 25.8 Å². The largest absolute Gasteiger partial charge is 0.469 e. The molecule has 0 saturated carbocycles. The van der Waals surface area contributed by atoms with E-state index in [0.717, 1.165) is 103 Å². The van der Waals surface area contributed by atoms with Crippen molar-refractivity contribution in [3.8, 4) is 0 Å². The number of rotatable bonds is 11. The molecule has 3 aliphatic rings. The van der Waals surface area contributed by atoms with Crippen molar-refractivity contribution in [3.05, 3.63) is 71.0 Å². The van der Waals surface area contributed by atoms with E-state index in [0.29, 0.717) is 12.8 Å². The van der Waals surface area contributed by atoms with Gasteiger partial charge in [0.2, 0.25) is 0 Å². The van der Waals surface area contributed by atoms with E-state index in [-0.39, 0.29) is 11.9 Å². The average molecular weight is 681 g/mol. The molecule has 0 aliphatic carbocycles. The van der Waals surface area contributed by atoms with Gasteiger partial charge in [-0.1, -0.05) is 63.1 Å². The number of ether oxygens (including phenoxy) is 2. The van der Waals surface area contributed by atoms with Crippen LogP contribution < -0.4 is 0 Å². The van der Waals surface area contributed by atoms with E-state index in [4.69, 9.17) is 9.47 Å². The molecule has 2 aromatic carbocycles. The van der Waals surface area contributed by atoms with Crippen LogP contribution in [0.15, 0.2) is 48.5 Å². The summed E-state index contributed by atoms with van der Waals surface area (Å²) < 4.78 is 13.5. The molecular formula is C42H56N4O4. The van der Waals surface area contributed by atoms with Crippen molar-refractivity contribution in [3.63, 3.8) is 0 Å². The SMILES string of the molecule is CCC1CCCN(CCc2c([C@@]3(C(=O)OC)CC[C@@H](C(=O)OC)c4c(CCN5CCCC(CC)C5)c5ccccc5n43)[nH]c3ccccc23)C1. The van der Waals surface area contributed by atoms with Crippen LogP contribution in [0.3, 0.4) is 0 Å². The fourth-order valence-electron chi connectivity index (χ4n) is 9.77. The Hall–Kier alpha value is -3.62. The smallest absolute Gasteiger partial charge is 0.338 e. The molecule has 4 atom stereocenters. The summed E-state index contributed by atoms with van der Waals surface area (Å²) >= 11 is 0. The minimum Gasteiger partial charge on any atom is -0.469 e. The lowest BCUT2D eigenvalue weighted by molar-refractivity contribution is -0.152. The number of aromatic nitrogens is 2. The molecule has 5 heterocycles. The molecule has 2 unspecified atom stereocenters. The van der Waals surface area contributed by atoms with Crippen molar-refractivity contribution in [2.75, 3.05) is 53.5 Å². The van der Waals surface area contributed by atoms with Gasteiger partial charge in [-0.15, -0.1) is 0 Å². The summed E-state index contributed by atoms with van der Waals surface area (Å²) in [5.74, 6) is 0.456. The lowest BCUT2D eigenvalue weighted by Crippen LogP contribution is -2.49. The fourth-order valence-corrected chi connectivity index (χ4v) is 9.77. The molecule has 268 valence electrons. The van der Waals surface area contributed by atoms with E-state index >= 15 is 0 Å². The number of nitrogens with one attached hydrogen (secondary N) is 1. The van der Waals surface area contributed by atoms with Gasteiger partial charge in [-0.05, 0) is 99.6 Å². The number of hydrogen-bond acceptors (Lipinski definition) is 6. The van der Waals surface area contributed by atoms with E-state index in [9.17, 15) is 9.59 Å². The first kappa shape index (κ1) is 34.8. The molecule has 0 bridgehead atoms. The molecule has 4 aromatic rings. The Labute approximate surface area is 297 Å². The Balaban J connectivity index is 1.40. The zero-order chi connectivity index (χ0) is 34.8. The zero-order valence-corrected chi connectivity index (χ0v) is 30.6. The third kappa shape index (κ3) is 6.17. The predicted molar refractivity (Wildman–Crippen MR) is 200 cm³/mol. The van der Waals surface area contributed by atoms with Crippen molar-refractivity contribution in [2.45, 2.75) is 89.5 Å². The van der Waals surface area contributed by atoms with Crippen LogP contribution in [0.2, 0.25) is 0 Å².